The summed E-state index contributed by atoms with van der Waals surface area (Å²) >= 11 is 0. The lowest BCUT2D eigenvalue weighted by molar-refractivity contribution is 0.0122. The van der Waals surface area contributed by atoms with Crippen molar-refractivity contribution in [1.29, 1.82) is 0 Å². The maximum atomic E-state index is 5.83. The second-order valence-electron chi connectivity index (χ2n) is 4.23. The van der Waals surface area contributed by atoms with Crippen LogP contribution in [-0.2, 0) is 18.4 Å². The van der Waals surface area contributed by atoms with Gasteiger partial charge in [-0.05, 0) is 25.7 Å². The molecule has 1 aromatic rings. The standard InChI is InChI=1S/C10H18N4O/c1-14-6-9(12-13-14)7-15-10-4-2-8(11)3-5-10/h6,8,10H,2-5,7,11H2,1H3. The molecule has 0 atom stereocenters. The van der Waals surface area contributed by atoms with E-state index < -0.39 is 0 Å². The number of nitrogens with two attached hydrogens (primary N) is 1. The Hall–Kier alpha value is -0.940. The van der Waals surface area contributed by atoms with Crippen LogP contribution >= 0.6 is 0 Å². The summed E-state index contributed by atoms with van der Waals surface area (Å²) in [4.78, 5) is 0. The van der Waals surface area contributed by atoms with Gasteiger partial charge in [-0.1, -0.05) is 5.21 Å². The van der Waals surface area contributed by atoms with Crippen LogP contribution in [0.25, 0.3) is 0 Å². The third-order valence-corrected chi connectivity index (χ3v) is 2.84. The molecule has 0 aliphatic heterocycles. The van der Waals surface area contributed by atoms with E-state index in [0.717, 1.165) is 31.4 Å². The molecule has 2 rings (SSSR count). The van der Waals surface area contributed by atoms with Gasteiger partial charge in [-0.25, -0.2) is 0 Å². The smallest absolute Gasteiger partial charge is 0.108 e. The van der Waals surface area contributed by atoms with Crippen LogP contribution in [0.3, 0.4) is 0 Å². The summed E-state index contributed by atoms with van der Waals surface area (Å²) in [7, 11) is 1.86. The van der Waals surface area contributed by atoms with Crippen LogP contribution in [0.15, 0.2) is 6.20 Å². The Morgan fingerprint density at radius 3 is 2.80 bits per heavy atom. The number of aryl methyl sites for hydroxylation is 1. The van der Waals surface area contributed by atoms with Crippen molar-refractivity contribution in [2.75, 3.05) is 0 Å². The second-order valence-corrected chi connectivity index (χ2v) is 4.23. The van der Waals surface area contributed by atoms with Crippen LogP contribution in [0.2, 0.25) is 0 Å². The number of hydrogen-bond donors (Lipinski definition) is 1. The van der Waals surface area contributed by atoms with E-state index >= 15 is 0 Å². The molecule has 0 aromatic carbocycles. The molecule has 5 nitrogen and oxygen atoms in total. The molecular formula is C10H18N4O. The minimum absolute atomic E-state index is 0.354. The van der Waals surface area contributed by atoms with Crippen LogP contribution in [0.1, 0.15) is 31.4 Å². The summed E-state index contributed by atoms with van der Waals surface area (Å²) < 4.78 is 7.45. The highest BCUT2D eigenvalue weighted by Crippen LogP contribution is 2.20. The first-order valence-corrected chi connectivity index (χ1v) is 5.46. The van der Waals surface area contributed by atoms with Crippen LogP contribution in [0.5, 0.6) is 0 Å². The fourth-order valence-electron chi connectivity index (χ4n) is 1.92. The van der Waals surface area contributed by atoms with Gasteiger partial charge in [0.25, 0.3) is 0 Å². The first kappa shape index (κ1) is 10.6. The Kier molecular flexibility index (Phi) is 3.33. The van der Waals surface area contributed by atoms with Crippen molar-refractivity contribution in [3.63, 3.8) is 0 Å². The van der Waals surface area contributed by atoms with Crippen molar-refractivity contribution in [1.82, 2.24) is 15.0 Å². The maximum Gasteiger partial charge on any atom is 0.108 e. The number of rotatable bonds is 3. The van der Waals surface area contributed by atoms with Gasteiger partial charge in [-0.15, -0.1) is 5.10 Å². The van der Waals surface area contributed by atoms with Gasteiger partial charge in [0.2, 0.25) is 0 Å². The van der Waals surface area contributed by atoms with Gasteiger partial charge >= 0.3 is 0 Å². The van der Waals surface area contributed by atoms with Crippen LogP contribution in [0, 0.1) is 0 Å². The normalized spacial score (nSPS) is 26.8. The number of ether oxygens (including phenoxy) is 1. The zero-order valence-corrected chi connectivity index (χ0v) is 9.09. The van der Waals surface area contributed by atoms with E-state index in [1.807, 2.05) is 13.2 Å². The Morgan fingerprint density at radius 2 is 2.20 bits per heavy atom. The Morgan fingerprint density at radius 1 is 1.47 bits per heavy atom. The van der Waals surface area contributed by atoms with Gasteiger partial charge in [0.1, 0.15) is 5.69 Å². The molecule has 0 spiro atoms. The van der Waals surface area contributed by atoms with Crippen molar-refractivity contribution >= 4 is 0 Å². The molecule has 0 unspecified atom stereocenters. The largest absolute Gasteiger partial charge is 0.372 e. The van der Waals surface area contributed by atoms with Crippen LogP contribution in [-0.4, -0.2) is 27.1 Å². The number of aromatic nitrogens is 3. The van der Waals surface area contributed by atoms with E-state index in [2.05, 4.69) is 10.3 Å². The van der Waals surface area contributed by atoms with E-state index in [0.29, 0.717) is 18.8 Å². The van der Waals surface area contributed by atoms with E-state index in [-0.39, 0.29) is 0 Å². The van der Waals surface area contributed by atoms with Gasteiger partial charge in [0.05, 0.1) is 18.9 Å². The van der Waals surface area contributed by atoms with E-state index in [4.69, 9.17) is 10.5 Å². The summed E-state index contributed by atoms with van der Waals surface area (Å²) in [6, 6.07) is 0.376. The lowest BCUT2D eigenvalue weighted by atomic mass is 9.94. The summed E-state index contributed by atoms with van der Waals surface area (Å²) in [6.07, 6.45) is 6.53. The van der Waals surface area contributed by atoms with E-state index in [9.17, 15) is 0 Å². The minimum Gasteiger partial charge on any atom is -0.372 e. The van der Waals surface area contributed by atoms with Crippen molar-refractivity contribution in [2.45, 2.75) is 44.4 Å². The predicted octanol–water partition coefficient (Wildman–Crippen LogP) is 0.602. The summed E-state index contributed by atoms with van der Waals surface area (Å²) in [6.45, 7) is 0.563. The maximum absolute atomic E-state index is 5.83. The van der Waals surface area contributed by atoms with Crippen molar-refractivity contribution in [2.24, 2.45) is 12.8 Å². The molecule has 0 saturated heterocycles. The minimum atomic E-state index is 0.354. The van der Waals surface area contributed by atoms with E-state index in [1.165, 1.54) is 0 Å². The molecule has 84 valence electrons. The fourth-order valence-corrected chi connectivity index (χ4v) is 1.92. The highest BCUT2D eigenvalue weighted by Gasteiger charge is 2.19. The first-order valence-electron chi connectivity index (χ1n) is 5.46. The molecule has 2 N–H and O–H groups in total. The van der Waals surface area contributed by atoms with Crippen molar-refractivity contribution in [3.05, 3.63) is 11.9 Å². The average Bonchev–Trinajstić information content (AvgIpc) is 2.64. The molecule has 1 heterocycles. The lowest BCUT2D eigenvalue weighted by Crippen LogP contribution is -2.30. The second kappa shape index (κ2) is 4.72. The molecule has 1 aliphatic rings. The summed E-state index contributed by atoms with van der Waals surface area (Å²) in [5, 5.41) is 7.84. The third-order valence-electron chi connectivity index (χ3n) is 2.84. The zero-order chi connectivity index (χ0) is 10.7. The fraction of sp³-hybridized carbons (Fsp3) is 0.800. The summed E-state index contributed by atoms with van der Waals surface area (Å²) in [5.41, 5.74) is 6.72. The molecule has 0 amide bonds. The molecule has 5 heteroatoms. The zero-order valence-electron chi connectivity index (χ0n) is 9.09. The molecule has 0 radical (unpaired) electrons. The Bertz CT molecular complexity index is 304. The molecule has 1 saturated carbocycles. The lowest BCUT2D eigenvalue weighted by Gasteiger charge is -2.25. The highest BCUT2D eigenvalue weighted by atomic mass is 16.5. The van der Waals surface area contributed by atoms with E-state index in [1.54, 1.807) is 4.68 Å². The molecule has 0 bridgehead atoms. The monoisotopic (exact) mass is 210 g/mol. The molecule has 15 heavy (non-hydrogen) atoms. The summed E-state index contributed by atoms with van der Waals surface area (Å²) in [5.74, 6) is 0. The average molecular weight is 210 g/mol. The molecule has 1 aliphatic carbocycles. The van der Waals surface area contributed by atoms with Gasteiger partial charge in [-0.2, -0.15) is 0 Å². The van der Waals surface area contributed by atoms with Crippen molar-refractivity contribution in [3.8, 4) is 0 Å². The highest BCUT2D eigenvalue weighted by molar-refractivity contribution is 4.89. The van der Waals surface area contributed by atoms with Gasteiger partial charge in [0, 0.05) is 13.1 Å². The number of hydrogen-bond acceptors (Lipinski definition) is 4. The van der Waals surface area contributed by atoms with Gasteiger partial charge in [-0.3, -0.25) is 4.68 Å². The Labute approximate surface area is 89.6 Å². The van der Waals surface area contributed by atoms with Gasteiger partial charge in [0.15, 0.2) is 0 Å². The molecular weight excluding hydrogens is 192 g/mol. The molecule has 1 aromatic heterocycles. The SMILES string of the molecule is Cn1cc(COC2CCC(N)CC2)nn1. The van der Waals surface area contributed by atoms with Crippen LogP contribution in [0.4, 0.5) is 0 Å². The molecule has 1 fully saturated rings. The van der Waals surface area contributed by atoms with Crippen molar-refractivity contribution < 1.29 is 4.74 Å². The quantitative estimate of drug-likeness (QED) is 0.793. The Balaban J connectivity index is 1.74. The van der Waals surface area contributed by atoms with Crippen LogP contribution < -0.4 is 5.73 Å². The van der Waals surface area contributed by atoms with Gasteiger partial charge < -0.3 is 10.5 Å². The number of nitrogens with zero attached hydrogens (tertiary/aromatic N) is 3. The first-order chi connectivity index (χ1) is 7.24. The topological polar surface area (TPSA) is 66.0 Å². The third kappa shape index (κ3) is 3.00. The predicted molar refractivity (Wildman–Crippen MR) is 56.0 cm³/mol.